The van der Waals surface area contributed by atoms with Crippen LogP contribution in [0.4, 0.5) is 5.82 Å². The van der Waals surface area contributed by atoms with Gasteiger partial charge in [0.05, 0.1) is 5.69 Å². The maximum Gasteiger partial charge on any atom is 0.223 e. The zero-order valence-electron chi connectivity index (χ0n) is 16.7. The van der Waals surface area contributed by atoms with E-state index in [4.69, 9.17) is 0 Å². The molecule has 1 aliphatic heterocycles. The maximum absolute atomic E-state index is 12.6. The molecule has 1 aliphatic carbocycles. The predicted octanol–water partition coefficient (Wildman–Crippen LogP) is 4.12. The van der Waals surface area contributed by atoms with Gasteiger partial charge >= 0.3 is 0 Å². The third-order valence-electron chi connectivity index (χ3n) is 6.11. The molecule has 1 aromatic carbocycles. The number of rotatable bonds is 4. The fraction of sp³-hybridized carbons (Fsp3) is 0.522. The van der Waals surface area contributed by atoms with Gasteiger partial charge in [-0.15, -0.1) is 10.2 Å². The largest absolute Gasteiger partial charge is 0.355 e. The van der Waals surface area contributed by atoms with Crippen molar-refractivity contribution in [1.29, 1.82) is 0 Å². The predicted molar refractivity (Wildman–Crippen MR) is 112 cm³/mol. The van der Waals surface area contributed by atoms with Crippen LogP contribution in [0.2, 0.25) is 0 Å². The number of piperidine rings is 1. The van der Waals surface area contributed by atoms with Crippen molar-refractivity contribution in [2.45, 2.75) is 57.9 Å². The molecule has 1 saturated heterocycles. The van der Waals surface area contributed by atoms with E-state index in [9.17, 15) is 4.79 Å². The molecule has 1 aromatic heterocycles. The van der Waals surface area contributed by atoms with Gasteiger partial charge in [-0.05, 0) is 50.8 Å². The number of amides is 1. The number of hydrogen-bond donors (Lipinski definition) is 1. The van der Waals surface area contributed by atoms with Crippen LogP contribution >= 0.6 is 0 Å². The number of nitrogens with one attached hydrogen (secondary N) is 1. The topological polar surface area (TPSA) is 58.1 Å². The summed E-state index contributed by atoms with van der Waals surface area (Å²) in [7, 11) is 0. The molecule has 0 radical (unpaired) electrons. The lowest BCUT2D eigenvalue weighted by Crippen LogP contribution is -2.44. The Morgan fingerprint density at radius 2 is 1.79 bits per heavy atom. The fourth-order valence-corrected chi connectivity index (χ4v) is 4.39. The monoisotopic (exact) mass is 378 g/mol. The van der Waals surface area contributed by atoms with Crippen LogP contribution in [-0.2, 0) is 4.79 Å². The quantitative estimate of drug-likeness (QED) is 0.870. The van der Waals surface area contributed by atoms with Crippen molar-refractivity contribution in [3.8, 4) is 11.3 Å². The second-order valence-electron chi connectivity index (χ2n) is 8.25. The lowest BCUT2D eigenvalue weighted by molar-refractivity contribution is -0.126. The van der Waals surface area contributed by atoms with Gasteiger partial charge in [0.15, 0.2) is 5.82 Å². The smallest absolute Gasteiger partial charge is 0.223 e. The van der Waals surface area contributed by atoms with Gasteiger partial charge in [0.1, 0.15) is 0 Å². The molecular formula is C23H30N4O. The first-order chi connectivity index (χ1) is 13.7. The Kier molecular flexibility index (Phi) is 5.89. The number of aryl methyl sites for hydroxylation is 1. The van der Waals surface area contributed by atoms with Crippen molar-refractivity contribution in [1.82, 2.24) is 15.5 Å². The van der Waals surface area contributed by atoms with Crippen molar-refractivity contribution < 1.29 is 4.79 Å². The average Bonchev–Trinajstić information content (AvgIpc) is 2.75. The molecule has 5 heteroatoms. The third kappa shape index (κ3) is 4.51. The number of nitrogens with zero attached hydrogens (tertiary/aromatic N) is 3. The first-order valence-corrected chi connectivity index (χ1v) is 10.6. The van der Waals surface area contributed by atoms with Crippen LogP contribution in [0.25, 0.3) is 11.3 Å². The van der Waals surface area contributed by atoms with E-state index >= 15 is 0 Å². The Balaban J connectivity index is 1.31. The van der Waals surface area contributed by atoms with Crippen molar-refractivity contribution in [3.63, 3.8) is 0 Å². The summed E-state index contributed by atoms with van der Waals surface area (Å²) in [4.78, 5) is 14.8. The van der Waals surface area contributed by atoms with Crippen LogP contribution < -0.4 is 10.2 Å². The fourth-order valence-electron chi connectivity index (χ4n) is 4.39. The van der Waals surface area contributed by atoms with Crippen molar-refractivity contribution in [2.24, 2.45) is 5.92 Å². The summed E-state index contributed by atoms with van der Waals surface area (Å²) in [5.41, 5.74) is 3.21. The molecule has 5 nitrogen and oxygen atoms in total. The number of carbonyl (C=O) groups excluding carboxylic acids is 1. The lowest BCUT2D eigenvalue weighted by Gasteiger charge is -2.33. The maximum atomic E-state index is 12.6. The standard InChI is InChI=1S/C23H30N4O/c1-17-6-5-7-19(16-17)21-10-11-22(26-25-21)27-14-12-18(13-15-27)23(28)24-20-8-3-2-4-9-20/h5-7,10-11,16,18,20H,2-4,8-9,12-15H2,1H3,(H,24,28). The molecule has 4 rings (SSSR count). The summed E-state index contributed by atoms with van der Waals surface area (Å²) in [6, 6.07) is 12.8. The highest BCUT2D eigenvalue weighted by atomic mass is 16.1. The first-order valence-electron chi connectivity index (χ1n) is 10.6. The van der Waals surface area contributed by atoms with Crippen LogP contribution in [0, 0.1) is 12.8 Å². The van der Waals surface area contributed by atoms with Crippen LogP contribution in [0.1, 0.15) is 50.5 Å². The normalized spacial score (nSPS) is 18.8. The van der Waals surface area contributed by atoms with Gasteiger partial charge in [-0.2, -0.15) is 0 Å². The lowest BCUT2D eigenvalue weighted by atomic mass is 9.92. The Labute approximate surface area is 167 Å². The number of carbonyl (C=O) groups is 1. The molecule has 1 saturated carbocycles. The highest BCUT2D eigenvalue weighted by Gasteiger charge is 2.27. The van der Waals surface area contributed by atoms with Crippen LogP contribution in [0.15, 0.2) is 36.4 Å². The van der Waals surface area contributed by atoms with E-state index < -0.39 is 0 Å². The minimum Gasteiger partial charge on any atom is -0.355 e. The van der Waals surface area contributed by atoms with Gasteiger partial charge in [-0.1, -0.05) is 43.0 Å². The second-order valence-corrected chi connectivity index (χ2v) is 8.25. The summed E-state index contributed by atoms with van der Waals surface area (Å²) < 4.78 is 0. The van der Waals surface area contributed by atoms with Gasteiger partial charge in [0.25, 0.3) is 0 Å². The van der Waals surface area contributed by atoms with Gasteiger partial charge < -0.3 is 10.2 Å². The van der Waals surface area contributed by atoms with E-state index in [0.717, 1.165) is 55.8 Å². The van der Waals surface area contributed by atoms with Gasteiger partial charge in [-0.25, -0.2) is 0 Å². The molecule has 0 unspecified atom stereocenters. The second kappa shape index (κ2) is 8.72. The number of hydrogen-bond acceptors (Lipinski definition) is 4. The molecule has 148 valence electrons. The minimum absolute atomic E-state index is 0.137. The van der Waals surface area contributed by atoms with E-state index in [-0.39, 0.29) is 11.8 Å². The Bertz CT molecular complexity index is 791. The number of benzene rings is 1. The number of aromatic nitrogens is 2. The van der Waals surface area contributed by atoms with Gasteiger partial charge in [0, 0.05) is 30.6 Å². The highest BCUT2D eigenvalue weighted by Crippen LogP contribution is 2.25. The summed E-state index contributed by atoms with van der Waals surface area (Å²) in [6.45, 7) is 3.81. The zero-order valence-corrected chi connectivity index (χ0v) is 16.7. The highest BCUT2D eigenvalue weighted by molar-refractivity contribution is 5.79. The molecule has 2 heterocycles. The Hall–Kier alpha value is -2.43. The van der Waals surface area contributed by atoms with Crippen LogP contribution in [0.3, 0.4) is 0 Å². The molecule has 28 heavy (non-hydrogen) atoms. The van der Waals surface area contributed by atoms with Crippen LogP contribution in [-0.4, -0.2) is 35.2 Å². The summed E-state index contributed by atoms with van der Waals surface area (Å²) in [5, 5.41) is 12.2. The third-order valence-corrected chi connectivity index (χ3v) is 6.11. The molecule has 0 spiro atoms. The van der Waals surface area contributed by atoms with E-state index in [1.807, 2.05) is 18.2 Å². The molecule has 0 bridgehead atoms. The molecule has 2 fully saturated rings. The summed E-state index contributed by atoms with van der Waals surface area (Å²) in [6.07, 6.45) is 7.89. The summed E-state index contributed by atoms with van der Waals surface area (Å²) >= 11 is 0. The van der Waals surface area contributed by atoms with Crippen molar-refractivity contribution in [3.05, 3.63) is 42.0 Å². The van der Waals surface area contributed by atoms with E-state index in [1.54, 1.807) is 0 Å². The first kappa shape index (κ1) is 18.9. The summed E-state index contributed by atoms with van der Waals surface area (Å²) in [5.74, 6) is 1.30. The molecule has 1 amide bonds. The van der Waals surface area contributed by atoms with E-state index in [1.165, 1.54) is 24.8 Å². The molecule has 2 aromatic rings. The Morgan fingerprint density at radius 1 is 1.00 bits per heavy atom. The van der Waals surface area contributed by atoms with Crippen molar-refractivity contribution >= 4 is 11.7 Å². The molecule has 0 atom stereocenters. The van der Waals surface area contributed by atoms with E-state index in [0.29, 0.717) is 6.04 Å². The van der Waals surface area contributed by atoms with Crippen molar-refractivity contribution in [2.75, 3.05) is 18.0 Å². The van der Waals surface area contributed by atoms with E-state index in [2.05, 4.69) is 45.5 Å². The SMILES string of the molecule is Cc1cccc(-c2ccc(N3CCC(C(=O)NC4CCCCC4)CC3)nn2)c1. The Morgan fingerprint density at radius 3 is 2.46 bits per heavy atom. The van der Waals surface area contributed by atoms with Gasteiger partial charge in [0.2, 0.25) is 5.91 Å². The molecule has 1 N–H and O–H groups in total. The molecular weight excluding hydrogens is 348 g/mol. The number of anilines is 1. The van der Waals surface area contributed by atoms with Crippen LogP contribution in [0.5, 0.6) is 0 Å². The zero-order chi connectivity index (χ0) is 19.3. The average molecular weight is 379 g/mol. The van der Waals surface area contributed by atoms with Gasteiger partial charge in [-0.3, -0.25) is 4.79 Å². The molecule has 2 aliphatic rings. The minimum atomic E-state index is 0.137.